The lowest BCUT2D eigenvalue weighted by molar-refractivity contribution is 0.0947. The maximum Gasteiger partial charge on any atom is 0.268 e. The van der Waals surface area contributed by atoms with E-state index in [9.17, 15) is 9.36 Å². The summed E-state index contributed by atoms with van der Waals surface area (Å²) in [6, 6.07) is 14.5. The van der Waals surface area contributed by atoms with Crippen molar-refractivity contribution in [2.24, 2.45) is 0 Å². The quantitative estimate of drug-likeness (QED) is 0.405. The zero-order valence-corrected chi connectivity index (χ0v) is 19.6. The van der Waals surface area contributed by atoms with Crippen molar-refractivity contribution in [3.8, 4) is 0 Å². The highest BCUT2D eigenvalue weighted by molar-refractivity contribution is 7.75. The largest absolute Gasteiger partial charge is 0.350 e. The molecule has 2 aromatic heterocycles. The van der Waals surface area contributed by atoms with Crippen molar-refractivity contribution in [1.82, 2.24) is 15.3 Å². The maximum atomic E-state index is 14.4. The van der Waals surface area contributed by atoms with Crippen LogP contribution < -0.4 is 15.9 Å². The van der Waals surface area contributed by atoms with Gasteiger partial charge in [-0.25, -0.2) is 0 Å². The number of rotatable bonds is 6. The fourth-order valence-electron chi connectivity index (χ4n) is 3.84. The first-order chi connectivity index (χ1) is 15.3. The molecule has 6 nitrogen and oxygen atoms in total. The van der Waals surface area contributed by atoms with E-state index in [-0.39, 0.29) is 11.6 Å². The fourth-order valence-corrected chi connectivity index (χ4v) is 6.36. The highest BCUT2D eigenvalue weighted by Gasteiger charge is 2.36. The molecule has 0 bridgehead atoms. The average Bonchev–Trinajstić information content (AvgIpc) is 3.16. The lowest BCUT2D eigenvalue weighted by Gasteiger charge is -2.19. The Morgan fingerprint density at radius 2 is 1.78 bits per heavy atom. The number of hydrogen-bond acceptors (Lipinski definition) is 4. The van der Waals surface area contributed by atoms with Crippen LogP contribution in [-0.4, -0.2) is 23.0 Å². The minimum Gasteiger partial charge on any atom is -0.350 e. The number of nitrogens with one attached hydrogen (secondary N) is 2. The number of aryl methyl sites for hydroxylation is 2. The predicted octanol–water partition coefficient (Wildman–Crippen LogP) is 4.64. The molecule has 1 unspecified atom stereocenters. The molecule has 4 aromatic rings. The van der Waals surface area contributed by atoms with E-state index >= 15 is 0 Å². The third kappa shape index (κ3) is 4.22. The Bertz CT molecular complexity index is 1330. The average molecular weight is 468 g/mol. The first-order valence-electron chi connectivity index (χ1n) is 10.1. The minimum atomic E-state index is -3.62. The normalized spacial score (nSPS) is 13.1. The molecule has 164 valence electrons. The second-order valence-electron chi connectivity index (χ2n) is 7.66. The Balaban J connectivity index is 1.87. The Kier molecular flexibility index (Phi) is 6.20. The zero-order valence-electron chi connectivity index (χ0n) is 18.0. The molecule has 0 saturated carbocycles. The highest BCUT2D eigenvalue weighted by Crippen LogP contribution is 2.47. The first-order valence-corrected chi connectivity index (χ1v) is 12.1. The van der Waals surface area contributed by atoms with Crippen LogP contribution in [0.15, 0.2) is 60.9 Å². The van der Waals surface area contributed by atoms with Crippen LogP contribution in [-0.2, 0) is 15.6 Å². The lowest BCUT2D eigenvalue weighted by Crippen LogP contribution is -2.30. The van der Waals surface area contributed by atoms with E-state index in [1.807, 2.05) is 44.2 Å². The van der Waals surface area contributed by atoms with Gasteiger partial charge in [0.05, 0.1) is 5.30 Å². The molecular weight excluding hydrogens is 445 g/mol. The van der Waals surface area contributed by atoms with Crippen molar-refractivity contribution in [3.63, 3.8) is 0 Å². The van der Waals surface area contributed by atoms with Gasteiger partial charge >= 0.3 is 0 Å². The van der Waals surface area contributed by atoms with E-state index in [1.165, 1.54) is 7.11 Å². The van der Waals surface area contributed by atoms with Crippen LogP contribution in [0.3, 0.4) is 0 Å². The van der Waals surface area contributed by atoms with Gasteiger partial charge in [-0.3, -0.25) is 14.3 Å². The van der Waals surface area contributed by atoms with Crippen molar-refractivity contribution >= 4 is 46.4 Å². The molecule has 32 heavy (non-hydrogen) atoms. The number of halogens is 1. The summed E-state index contributed by atoms with van der Waals surface area (Å²) >= 11 is 6.26. The standard InChI is InChI=1S/C24H23ClN3O3P/c1-15-10-16(2)12-19(11-15)32(30,31-3)23-20-13-18(25)4-5-21(20)28-22(23)24(29)27-14-17-6-8-26-9-7-17/h4-13,28H,14H2,1-3H3,(H,27,29). The van der Waals surface area contributed by atoms with Crippen LogP contribution in [0, 0.1) is 13.8 Å². The second-order valence-corrected chi connectivity index (χ2v) is 10.5. The van der Waals surface area contributed by atoms with Gasteiger partial charge in [-0.1, -0.05) is 28.8 Å². The van der Waals surface area contributed by atoms with Crippen LogP contribution in [0.5, 0.6) is 0 Å². The van der Waals surface area contributed by atoms with E-state index in [0.717, 1.165) is 16.7 Å². The minimum absolute atomic E-state index is 0.195. The second kappa shape index (κ2) is 8.91. The number of benzene rings is 2. The molecule has 0 aliphatic rings. The molecule has 0 spiro atoms. The Morgan fingerprint density at radius 1 is 1.09 bits per heavy atom. The SMILES string of the molecule is COP(=O)(c1cc(C)cc(C)c1)c1c(C(=O)NCc2ccncc2)[nH]c2ccc(Cl)cc12. The van der Waals surface area contributed by atoms with Gasteiger partial charge in [0.1, 0.15) is 5.69 Å². The van der Waals surface area contributed by atoms with Crippen molar-refractivity contribution in [3.05, 3.63) is 88.3 Å². The van der Waals surface area contributed by atoms with Gasteiger partial charge in [0, 0.05) is 47.3 Å². The number of aromatic amines is 1. The number of fused-ring (bicyclic) bond motifs is 1. The summed E-state index contributed by atoms with van der Waals surface area (Å²) in [7, 11) is -2.22. The van der Waals surface area contributed by atoms with Crippen LogP contribution in [0.1, 0.15) is 27.2 Å². The highest BCUT2D eigenvalue weighted by atomic mass is 35.5. The number of pyridine rings is 1. The van der Waals surface area contributed by atoms with Crippen LogP contribution in [0.4, 0.5) is 0 Å². The molecule has 0 radical (unpaired) electrons. The molecule has 1 amide bonds. The number of nitrogens with zero attached hydrogens (tertiary/aromatic N) is 1. The summed E-state index contributed by atoms with van der Waals surface area (Å²) in [5, 5.41) is 4.81. The Labute approximate surface area is 191 Å². The topological polar surface area (TPSA) is 84.1 Å². The molecule has 2 N–H and O–H groups in total. The maximum absolute atomic E-state index is 14.4. The molecular formula is C24H23ClN3O3P. The van der Waals surface area contributed by atoms with E-state index < -0.39 is 7.37 Å². The third-order valence-electron chi connectivity index (χ3n) is 5.26. The third-order valence-corrected chi connectivity index (χ3v) is 8.00. The van der Waals surface area contributed by atoms with Gasteiger partial charge in [0.15, 0.2) is 0 Å². The lowest BCUT2D eigenvalue weighted by atomic mass is 10.2. The van der Waals surface area contributed by atoms with Crippen molar-refractivity contribution < 1.29 is 13.9 Å². The smallest absolute Gasteiger partial charge is 0.268 e. The zero-order chi connectivity index (χ0) is 22.9. The molecule has 0 aliphatic heterocycles. The van der Waals surface area contributed by atoms with Gasteiger partial charge < -0.3 is 14.8 Å². The number of H-pyrrole nitrogens is 1. The van der Waals surface area contributed by atoms with Gasteiger partial charge in [0.2, 0.25) is 0 Å². The van der Waals surface area contributed by atoms with E-state index in [0.29, 0.717) is 33.1 Å². The molecule has 4 rings (SSSR count). The summed E-state index contributed by atoms with van der Waals surface area (Å²) in [5.74, 6) is -0.384. The van der Waals surface area contributed by atoms with Crippen molar-refractivity contribution in [1.29, 1.82) is 0 Å². The van der Waals surface area contributed by atoms with Gasteiger partial charge in [-0.2, -0.15) is 0 Å². The Hall–Kier alpha value is -2.92. The number of amides is 1. The van der Waals surface area contributed by atoms with Crippen LogP contribution in [0.25, 0.3) is 10.9 Å². The molecule has 2 aromatic carbocycles. The summed E-state index contributed by atoms with van der Waals surface area (Å²) in [6.45, 7) is 4.17. The number of carbonyl (C=O) groups is 1. The molecule has 1 atom stereocenters. The van der Waals surface area contributed by atoms with Gasteiger partial charge in [0.25, 0.3) is 13.3 Å². The monoisotopic (exact) mass is 467 g/mol. The predicted molar refractivity (Wildman–Crippen MR) is 129 cm³/mol. The van der Waals surface area contributed by atoms with E-state index in [4.69, 9.17) is 16.1 Å². The van der Waals surface area contributed by atoms with Crippen LogP contribution in [0.2, 0.25) is 5.02 Å². The first kappa shape index (κ1) is 22.3. The molecule has 0 saturated heterocycles. The summed E-state index contributed by atoms with van der Waals surface area (Å²) in [6.07, 6.45) is 3.33. The summed E-state index contributed by atoms with van der Waals surface area (Å²) < 4.78 is 20.1. The van der Waals surface area contributed by atoms with Gasteiger partial charge in [-0.05, 0) is 61.9 Å². The number of aromatic nitrogens is 2. The molecule has 0 fully saturated rings. The fraction of sp³-hybridized carbons (Fsp3) is 0.167. The summed E-state index contributed by atoms with van der Waals surface area (Å²) in [4.78, 5) is 20.4. The van der Waals surface area contributed by atoms with Crippen LogP contribution >= 0.6 is 19.0 Å². The molecule has 0 aliphatic carbocycles. The molecule has 8 heteroatoms. The number of hydrogen-bond donors (Lipinski definition) is 2. The van der Waals surface area contributed by atoms with Crippen molar-refractivity contribution in [2.75, 3.05) is 7.11 Å². The van der Waals surface area contributed by atoms with E-state index in [2.05, 4.69) is 15.3 Å². The molecule has 2 heterocycles. The Morgan fingerprint density at radius 3 is 2.44 bits per heavy atom. The van der Waals surface area contributed by atoms with Crippen molar-refractivity contribution in [2.45, 2.75) is 20.4 Å². The van der Waals surface area contributed by atoms with Gasteiger partial charge in [-0.15, -0.1) is 0 Å². The number of carbonyl (C=O) groups excluding carboxylic acids is 1. The van der Waals surface area contributed by atoms with E-state index in [1.54, 1.807) is 30.6 Å². The summed E-state index contributed by atoms with van der Waals surface area (Å²) in [5.41, 5.74) is 3.66.